The summed E-state index contributed by atoms with van der Waals surface area (Å²) >= 11 is 1.76. The topological polar surface area (TPSA) is 71.5 Å². The lowest BCUT2D eigenvalue weighted by Crippen LogP contribution is -2.13. The van der Waals surface area contributed by atoms with Crippen molar-refractivity contribution in [3.8, 4) is 0 Å². The Bertz CT molecular complexity index is 402. The van der Waals surface area contributed by atoms with Crippen molar-refractivity contribution in [1.82, 2.24) is 4.98 Å². The van der Waals surface area contributed by atoms with E-state index in [-0.39, 0.29) is 5.84 Å². The van der Waals surface area contributed by atoms with Gasteiger partial charge in [-0.25, -0.2) is 4.98 Å². The zero-order valence-electron chi connectivity index (χ0n) is 9.67. The van der Waals surface area contributed by atoms with Gasteiger partial charge in [-0.15, -0.1) is 11.8 Å². The van der Waals surface area contributed by atoms with Gasteiger partial charge in [0, 0.05) is 17.5 Å². The predicted octanol–water partition coefficient (Wildman–Crippen LogP) is 2.46. The molecule has 0 unspecified atom stereocenters. The average molecular weight is 251 g/mol. The first kappa shape index (κ1) is 12.2. The third-order valence-corrected chi connectivity index (χ3v) is 4.24. The van der Waals surface area contributed by atoms with E-state index in [2.05, 4.69) is 10.1 Å². The van der Waals surface area contributed by atoms with Gasteiger partial charge in [0.25, 0.3) is 0 Å². The van der Waals surface area contributed by atoms with Crippen molar-refractivity contribution in [2.75, 3.05) is 5.75 Å². The van der Waals surface area contributed by atoms with Crippen LogP contribution < -0.4 is 5.73 Å². The summed E-state index contributed by atoms with van der Waals surface area (Å²) in [5.41, 5.74) is 6.26. The Hall–Kier alpha value is -1.23. The molecule has 4 nitrogen and oxygen atoms in total. The highest BCUT2D eigenvalue weighted by atomic mass is 32.2. The summed E-state index contributed by atoms with van der Waals surface area (Å²) in [5.74, 6) is 2.08. The molecule has 5 heteroatoms. The maximum atomic E-state index is 8.62. The summed E-state index contributed by atoms with van der Waals surface area (Å²) in [7, 11) is 0. The van der Waals surface area contributed by atoms with Gasteiger partial charge in [-0.3, -0.25) is 0 Å². The molecular formula is C12H17N3OS. The molecule has 1 aromatic rings. The number of thioether (sulfide) groups is 1. The van der Waals surface area contributed by atoms with Crippen molar-refractivity contribution >= 4 is 17.6 Å². The standard InChI is InChI=1S/C12H17N3OS/c13-12(15-16)10-5-6-14-11(7-10)17-8-9-3-1-2-4-9/h5-7,9,16H,1-4,8H2,(H2,13,15). The smallest absolute Gasteiger partial charge is 0.170 e. The van der Waals surface area contributed by atoms with Crippen molar-refractivity contribution < 1.29 is 5.21 Å². The van der Waals surface area contributed by atoms with Gasteiger partial charge in [-0.2, -0.15) is 0 Å². The summed E-state index contributed by atoms with van der Waals surface area (Å²) < 4.78 is 0. The zero-order valence-corrected chi connectivity index (χ0v) is 10.5. The lowest BCUT2D eigenvalue weighted by molar-refractivity contribution is 0.318. The number of pyridine rings is 1. The molecule has 1 fully saturated rings. The van der Waals surface area contributed by atoms with Gasteiger partial charge in [0.2, 0.25) is 0 Å². The Kier molecular flexibility index (Phi) is 4.25. The van der Waals surface area contributed by atoms with E-state index in [0.29, 0.717) is 0 Å². The van der Waals surface area contributed by atoms with Crippen LogP contribution in [0.3, 0.4) is 0 Å². The van der Waals surface area contributed by atoms with Gasteiger partial charge < -0.3 is 10.9 Å². The molecule has 0 saturated heterocycles. The summed E-state index contributed by atoms with van der Waals surface area (Å²) in [6, 6.07) is 3.61. The van der Waals surface area contributed by atoms with Crippen LogP contribution >= 0.6 is 11.8 Å². The molecule has 17 heavy (non-hydrogen) atoms. The normalized spacial score (nSPS) is 17.5. The minimum atomic E-state index is 0.134. The van der Waals surface area contributed by atoms with Crippen LogP contribution in [0.15, 0.2) is 28.5 Å². The van der Waals surface area contributed by atoms with Crippen LogP contribution in [-0.2, 0) is 0 Å². The van der Waals surface area contributed by atoms with E-state index in [1.807, 2.05) is 6.07 Å². The molecule has 0 bridgehead atoms. The summed E-state index contributed by atoms with van der Waals surface area (Å²) in [6.45, 7) is 0. The Balaban J connectivity index is 1.96. The molecule has 1 aliphatic carbocycles. The highest BCUT2D eigenvalue weighted by molar-refractivity contribution is 7.99. The zero-order chi connectivity index (χ0) is 12.1. The second kappa shape index (κ2) is 5.91. The van der Waals surface area contributed by atoms with Gasteiger partial charge in [0.05, 0.1) is 5.03 Å². The van der Waals surface area contributed by atoms with E-state index < -0.39 is 0 Å². The molecule has 0 atom stereocenters. The fraction of sp³-hybridized carbons (Fsp3) is 0.500. The minimum Gasteiger partial charge on any atom is -0.409 e. The van der Waals surface area contributed by atoms with Gasteiger partial charge in [-0.05, 0) is 30.9 Å². The molecule has 0 spiro atoms. The van der Waals surface area contributed by atoms with Crippen LogP contribution in [0.1, 0.15) is 31.2 Å². The van der Waals surface area contributed by atoms with Crippen LogP contribution in [0.2, 0.25) is 0 Å². The highest BCUT2D eigenvalue weighted by Crippen LogP contribution is 2.30. The fourth-order valence-corrected chi connectivity index (χ4v) is 3.17. The number of hydrogen-bond donors (Lipinski definition) is 2. The van der Waals surface area contributed by atoms with E-state index in [0.717, 1.165) is 22.3 Å². The second-order valence-electron chi connectivity index (χ2n) is 4.33. The first-order valence-corrected chi connectivity index (χ1v) is 6.85. The molecule has 1 saturated carbocycles. The maximum absolute atomic E-state index is 8.62. The van der Waals surface area contributed by atoms with Crippen LogP contribution in [0.4, 0.5) is 0 Å². The quantitative estimate of drug-likeness (QED) is 0.283. The summed E-state index contributed by atoms with van der Waals surface area (Å²) in [5, 5.41) is 12.6. The molecule has 1 heterocycles. The molecule has 92 valence electrons. The van der Waals surface area contributed by atoms with Crippen molar-refractivity contribution in [1.29, 1.82) is 0 Å². The minimum absolute atomic E-state index is 0.134. The largest absolute Gasteiger partial charge is 0.409 e. The fourth-order valence-electron chi connectivity index (χ4n) is 2.09. The average Bonchev–Trinajstić information content (AvgIpc) is 2.89. The highest BCUT2D eigenvalue weighted by Gasteiger charge is 2.15. The van der Waals surface area contributed by atoms with Gasteiger partial charge in [0.15, 0.2) is 5.84 Å². The second-order valence-corrected chi connectivity index (χ2v) is 5.37. The Labute approximate surface area is 105 Å². The Morgan fingerprint density at radius 1 is 1.53 bits per heavy atom. The maximum Gasteiger partial charge on any atom is 0.170 e. The van der Waals surface area contributed by atoms with Crippen LogP contribution in [0.25, 0.3) is 0 Å². The number of rotatable bonds is 4. The lowest BCUT2D eigenvalue weighted by atomic mass is 10.1. The molecule has 0 aliphatic heterocycles. The van der Waals surface area contributed by atoms with Gasteiger partial charge >= 0.3 is 0 Å². The SMILES string of the molecule is NC(=NO)c1ccnc(SCC2CCCC2)c1. The summed E-state index contributed by atoms with van der Waals surface area (Å²) in [6.07, 6.45) is 7.11. The van der Waals surface area contributed by atoms with Gasteiger partial charge in [0.1, 0.15) is 0 Å². The van der Waals surface area contributed by atoms with E-state index in [1.54, 1.807) is 24.0 Å². The van der Waals surface area contributed by atoms with Crippen LogP contribution in [-0.4, -0.2) is 21.8 Å². The van der Waals surface area contributed by atoms with Crippen molar-refractivity contribution in [3.63, 3.8) is 0 Å². The van der Waals surface area contributed by atoms with E-state index in [1.165, 1.54) is 25.7 Å². The molecule has 0 amide bonds. The molecule has 0 aromatic carbocycles. The Morgan fingerprint density at radius 2 is 2.29 bits per heavy atom. The molecule has 1 aliphatic rings. The predicted molar refractivity (Wildman–Crippen MR) is 69.4 cm³/mol. The first-order chi connectivity index (χ1) is 8.29. The number of hydrogen-bond acceptors (Lipinski definition) is 4. The molecule has 1 aromatic heterocycles. The number of amidine groups is 1. The lowest BCUT2D eigenvalue weighted by Gasteiger charge is -2.08. The number of oxime groups is 1. The number of aromatic nitrogens is 1. The monoisotopic (exact) mass is 251 g/mol. The molecule has 2 rings (SSSR count). The van der Waals surface area contributed by atoms with E-state index in [4.69, 9.17) is 10.9 Å². The van der Waals surface area contributed by atoms with E-state index in [9.17, 15) is 0 Å². The van der Waals surface area contributed by atoms with Crippen LogP contribution in [0.5, 0.6) is 0 Å². The molecular weight excluding hydrogens is 234 g/mol. The number of nitrogens with two attached hydrogens (primary N) is 1. The number of nitrogens with zero attached hydrogens (tertiary/aromatic N) is 2. The van der Waals surface area contributed by atoms with Gasteiger partial charge in [-0.1, -0.05) is 18.0 Å². The Morgan fingerprint density at radius 3 is 3.00 bits per heavy atom. The van der Waals surface area contributed by atoms with E-state index >= 15 is 0 Å². The third kappa shape index (κ3) is 3.36. The van der Waals surface area contributed by atoms with Crippen molar-refractivity contribution in [2.45, 2.75) is 30.7 Å². The van der Waals surface area contributed by atoms with Crippen molar-refractivity contribution in [3.05, 3.63) is 23.9 Å². The molecule has 0 radical (unpaired) electrons. The van der Waals surface area contributed by atoms with Crippen molar-refractivity contribution in [2.24, 2.45) is 16.8 Å². The first-order valence-electron chi connectivity index (χ1n) is 5.86. The third-order valence-electron chi connectivity index (χ3n) is 3.08. The molecule has 3 N–H and O–H groups in total. The van der Waals surface area contributed by atoms with Crippen LogP contribution in [0, 0.1) is 5.92 Å². The summed E-state index contributed by atoms with van der Waals surface area (Å²) in [4.78, 5) is 4.29.